The molecule has 0 aliphatic carbocycles. The lowest BCUT2D eigenvalue weighted by Gasteiger charge is -1.93. The molecule has 0 amide bonds. The van der Waals surface area contributed by atoms with Gasteiger partial charge in [0.2, 0.25) is 0 Å². The van der Waals surface area contributed by atoms with E-state index >= 15 is 0 Å². The molecule has 0 aliphatic heterocycles. The fraction of sp³-hybridized carbons (Fsp3) is 0.111. The normalized spacial score (nSPS) is 10.1. The van der Waals surface area contributed by atoms with Crippen molar-refractivity contribution in [1.82, 2.24) is 19.7 Å². The molecule has 2 rings (SSSR count). The van der Waals surface area contributed by atoms with Crippen LogP contribution in [0.25, 0.3) is 11.4 Å². The smallest absolute Gasteiger partial charge is 0.153 e. The first-order valence-electron chi connectivity index (χ1n) is 4.06. The Morgan fingerprint density at radius 3 is 2.93 bits per heavy atom. The Balaban J connectivity index is 2.56. The molecule has 0 atom stereocenters. The Morgan fingerprint density at radius 2 is 2.29 bits per heavy atom. The van der Waals surface area contributed by atoms with Gasteiger partial charge >= 0.3 is 0 Å². The standard InChI is InChI=1S/C9H8N4O/c1-13-5-7(6-14)9(12-13)8-4-10-2-3-11-8/h2-6H,1H3. The molecule has 0 bridgehead atoms. The van der Waals surface area contributed by atoms with Crippen molar-refractivity contribution < 1.29 is 4.79 Å². The maximum absolute atomic E-state index is 10.7. The van der Waals surface area contributed by atoms with Crippen LogP contribution in [0.1, 0.15) is 10.4 Å². The molecule has 2 aromatic rings. The molecule has 0 saturated heterocycles. The van der Waals surface area contributed by atoms with Crippen molar-refractivity contribution >= 4 is 6.29 Å². The summed E-state index contributed by atoms with van der Waals surface area (Å²) < 4.78 is 1.58. The van der Waals surface area contributed by atoms with Crippen molar-refractivity contribution in [3.05, 3.63) is 30.4 Å². The van der Waals surface area contributed by atoms with E-state index in [0.29, 0.717) is 17.0 Å². The van der Waals surface area contributed by atoms with Gasteiger partial charge in [0, 0.05) is 25.6 Å². The van der Waals surface area contributed by atoms with Crippen molar-refractivity contribution in [1.29, 1.82) is 0 Å². The minimum atomic E-state index is 0.521. The zero-order chi connectivity index (χ0) is 9.97. The number of nitrogens with zero attached hydrogens (tertiary/aromatic N) is 4. The number of aldehydes is 1. The van der Waals surface area contributed by atoms with E-state index in [0.717, 1.165) is 6.29 Å². The largest absolute Gasteiger partial charge is 0.298 e. The van der Waals surface area contributed by atoms with Gasteiger partial charge in [0.25, 0.3) is 0 Å². The van der Waals surface area contributed by atoms with Crippen LogP contribution in [-0.4, -0.2) is 26.0 Å². The fourth-order valence-corrected chi connectivity index (χ4v) is 1.21. The van der Waals surface area contributed by atoms with E-state index in [1.807, 2.05) is 0 Å². The number of aryl methyl sites for hydroxylation is 1. The predicted octanol–water partition coefficient (Wildman–Crippen LogP) is 0.690. The molecular formula is C9H8N4O. The third-order valence-corrected chi connectivity index (χ3v) is 1.79. The van der Waals surface area contributed by atoms with Crippen molar-refractivity contribution in [2.24, 2.45) is 7.05 Å². The first-order valence-corrected chi connectivity index (χ1v) is 4.06. The Kier molecular flexibility index (Phi) is 2.06. The Hall–Kier alpha value is -2.04. The van der Waals surface area contributed by atoms with E-state index in [-0.39, 0.29) is 0 Å². The van der Waals surface area contributed by atoms with Crippen LogP contribution in [0, 0.1) is 0 Å². The van der Waals surface area contributed by atoms with E-state index in [1.165, 1.54) is 0 Å². The Labute approximate surface area is 80.4 Å². The lowest BCUT2D eigenvalue weighted by Crippen LogP contribution is -1.90. The molecule has 0 aliphatic rings. The molecular weight excluding hydrogens is 180 g/mol. The van der Waals surface area contributed by atoms with Gasteiger partial charge in [-0.3, -0.25) is 19.4 Å². The minimum Gasteiger partial charge on any atom is -0.298 e. The maximum atomic E-state index is 10.7. The molecule has 70 valence electrons. The first kappa shape index (κ1) is 8.55. The number of carbonyl (C=O) groups is 1. The molecule has 0 N–H and O–H groups in total. The summed E-state index contributed by atoms with van der Waals surface area (Å²) in [6.07, 6.45) is 7.13. The number of aromatic nitrogens is 4. The fourth-order valence-electron chi connectivity index (χ4n) is 1.21. The van der Waals surface area contributed by atoms with Gasteiger partial charge < -0.3 is 0 Å². The van der Waals surface area contributed by atoms with Gasteiger partial charge in [-0.2, -0.15) is 5.10 Å². The van der Waals surface area contributed by atoms with Crippen LogP contribution in [0.5, 0.6) is 0 Å². The predicted molar refractivity (Wildman–Crippen MR) is 49.6 cm³/mol. The minimum absolute atomic E-state index is 0.521. The summed E-state index contributed by atoms with van der Waals surface area (Å²) in [5, 5.41) is 4.13. The number of carbonyl (C=O) groups excluding carboxylic acids is 1. The summed E-state index contributed by atoms with van der Waals surface area (Å²) in [4.78, 5) is 18.7. The van der Waals surface area contributed by atoms with Crippen molar-refractivity contribution in [2.45, 2.75) is 0 Å². The third kappa shape index (κ3) is 1.39. The van der Waals surface area contributed by atoms with Crippen LogP contribution in [0.3, 0.4) is 0 Å². The quantitative estimate of drug-likeness (QED) is 0.650. The van der Waals surface area contributed by atoms with Gasteiger partial charge in [-0.15, -0.1) is 0 Å². The lowest BCUT2D eigenvalue weighted by molar-refractivity contribution is 0.112. The monoisotopic (exact) mass is 188 g/mol. The number of hydrogen-bond donors (Lipinski definition) is 0. The van der Waals surface area contributed by atoms with Gasteiger partial charge in [-0.05, 0) is 0 Å². The van der Waals surface area contributed by atoms with E-state index < -0.39 is 0 Å². The summed E-state index contributed by atoms with van der Waals surface area (Å²) >= 11 is 0. The molecule has 5 heteroatoms. The zero-order valence-electron chi connectivity index (χ0n) is 7.58. The molecule has 2 heterocycles. The van der Waals surface area contributed by atoms with Crippen LogP contribution in [-0.2, 0) is 7.05 Å². The van der Waals surface area contributed by atoms with Crippen LogP contribution >= 0.6 is 0 Å². The maximum Gasteiger partial charge on any atom is 0.153 e. The van der Waals surface area contributed by atoms with Gasteiger partial charge in [0.1, 0.15) is 11.4 Å². The molecule has 0 unspecified atom stereocenters. The van der Waals surface area contributed by atoms with Crippen LogP contribution in [0.2, 0.25) is 0 Å². The lowest BCUT2D eigenvalue weighted by atomic mass is 10.2. The first-order chi connectivity index (χ1) is 6.81. The number of hydrogen-bond acceptors (Lipinski definition) is 4. The summed E-state index contributed by atoms with van der Waals surface area (Å²) in [5.74, 6) is 0. The Morgan fingerprint density at radius 1 is 1.43 bits per heavy atom. The van der Waals surface area contributed by atoms with Gasteiger partial charge in [0.05, 0.1) is 11.8 Å². The zero-order valence-corrected chi connectivity index (χ0v) is 7.58. The molecule has 0 fully saturated rings. The second-order valence-corrected chi connectivity index (χ2v) is 2.82. The second-order valence-electron chi connectivity index (χ2n) is 2.82. The van der Waals surface area contributed by atoms with E-state index in [4.69, 9.17) is 0 Å². The highest BCUT2D eigenvalue weighted by Crippen LogP contribution is 2.16. The summed E-state index contributed by atoms with van der Waals surface area (Å²) in [6.45, 7) is 0. The van der Waals surface area contributed by atoms with Crippen molar-refractivity contribution in [3.8, 4) is 11.4 Å². The third-order valence-electron chi connectivity index (χ3n) is 1.79. The van der Waals surface area contributed by atoms with E-state index in [2.05, 4.69) is 15.1 Å². The molecule has 0 saturated carbocycles. The molecule has 14 heavy (non-hydrogen) atoms. The SMILES string of the molecule is Cn1cc(C=O)c(-c2cnccn2)n1. The highest BCUT2D eigenvalue weighted by molar-refractivity contribution is 5.84. The average Bonchev–Trinajstić information content (AvgIpc) is 2.61. The van der Waals surface area contributed by atoms with Crippen molar-refractivity contribution in [2.75, 3.05) is 0 Å². The van der Waals surface area contributed by atoms with E-state index in [9.17, 15) is 4.79 Å². The second kappa shape index (κ2) is 3.37. The van der Waals surface area contributed by atoms with E-state index in [1.54, 1.807) is 36.5 Å². The highest BCUT2D eigenvalue weighted by Gasteiger charge is 2.09. The molecule has 0 radical (unpaired) electrons. The number of rotatable bonds is 2. The Bertz CT molecular complexity index is 449. The molecule has 5 nitrogen and oxygen atoms in total. The van der Waals surface area contributed by atoms with Gasteiger partial charge in [-0.25, -0.2) is 0 Å². The van der Waals surface area contributed by atoms with Crippen molar-refractivity contribution in [3.63, 3.8) is 0 Å². The van der Waals surface area contributed by atoms with Gasteiger partial charge in [0.15, 0.2) is 6.29 Å². The van der Waals surface area contributed by atoms with Gasteiger partial charge in [-0.1, -0.05) is 0 Å². The van der Waals surface area contributed by atoms with Crippen LogP contribution < -0.4 is 0 Å². The average molecular weight is 188 g/mol. The van der Waals surface area contributed by atoms with Crippen LogP contribution in [0.4, 0.5) is 0 Å². The molecule has 0 aromatic carbocycles. The summed E-state index contributed by atoms with van der Waals surface area (Å²) in [7, 11) is 1.76. The highest BCUT2D eigenvalue weighted by atomic mass is 16.1. The summed E-state index contributed by atoms with van der Waals surface area (Å²) in [6, 6.07) is 0. The molecule has 0 spiro atoms. The topological polar surface area (TPSA) is 60.7 Å². The molecule has 2 aromatic heterocycles. The summed E-state index contributed by atoms with van der Waals surface area (Å²) in [5.41, 5.74) is 1.69. The van der Waals surface area contributed by atoms with Crippen LogP contribution in [0.15, 0.2) is 24.8 Å².